The summed E-state index contributed by atoms with van der Waals surface area (Å²) in [4.78, 5) is 12.2. The molecular formula is C16H18N2O3. The van der Waals surface area contributed by atoms with Crippen molar-refractivity contribution >= 4 is 11.9 Å². The van der Waals surface area contributed by atoms with Gasteiger partial charge in [-0.1, -0.05) is 12.1 Å². The number of allylic oxidation sites excluding steroid dienone is 1. The lowest BCUT2D eigenvalue weighted by atomic mass is 10.1. The molecule has 5 heteroatoms. The molecule has 21 heavy (non-hydrogen) atoms. The third-order valence-electron chi connectivity index (χ3n) is 3.13. The molecule has 110 valence electrons. The first-order valence-electron chi connectivity index (χ1n) is 6.50. The van der Waals surface area contributed by atoms with Crippen LogP contribution in [0.25, 0.3) is 6.08 Å². The SMILES string of the molecule is COc1cccc(/C=C\C(=O)c2cn(C)nc2C)c1OC. The summed E-state index contributed by atoms with van der Waals surface area (Å²) in [5.74, 6) is 1.14. The standard InChI is InChI=1S/C16H18N2O3/c1-11-13(10-18(2)17-11)14(19)9-8-12-6-5-7-15(20-3)16(12)21-4/h5-10H,1-4H3/b9-8-. The van der Waals surface area contributed by atoms with Crippen LogP contribution in [0, 0.1) is 6.92 Å². The summed E-state index contributed by atoms with van der Waals surface area (Å²) < 4.78 is 12.2. The van der Waals surface area contributed by atoms with E-state index in [4.69, 9.17) is 9.47 Å². The predicted octanol–water partition coefficient (Wildman–Crippen LogP) is 2.64. The van der Waals surface area contributed by atoms with Crippen molar-refractivity contribution in [1.29, 1.82) is 0 Å². The number of benzene rings is 1. The molecule has 0 radical (unpaired) electrons. The van der Waals surface area contributed by atoms with Crippen molar-refractivity contribution in [2.75, 3.05) is 14.2 Å². The smallest absolute Gasteiger partial charge is 0.189 e. The number of aromatic nitrogens is 2. The molecule has 0 saturated carbocycles. The van der Waals surface area contributed by atoms with Gasteiger partial charge in [0.1, 0.15) is 0 Å². The normalized spacial score (nSPS) is 10.9. The van der Waals surface area contributed by atoms with E-state index in [1.165, 1.54) is 6.08 Å². The Bertz CT molecular complexity index is 687. The van der Waals surface area contributed by atoms with E-state index in [-0.39, 0.29) is 5.78 Å². The molecule has 0 aliphatic heterocycles. The number of rotatable bonds is 5. The van der Waals surface area contributed by atoms with Gasteiger partial charge >= 0.3 is 0 Å². The molecule has 0 amide bonds. The fraction of sp³-hybridized carbons (Fsp3) is 0.250. The molecule has 0 aliphatic rings. The molecule has 1 aromatic carbocycles. The first kappa shape index (κ1) is 14.8. The minimum atomic E-state index is -0.0922. The first-order chi connectivity index (χ1) is 10.1. The molecule has 0 aliphatic carbocycles. The second kappa shape index (κ2) is 6.26. The summed E-state index contributed by atoms with van der Waals surface area (Å²) in [5, 5.41) is 4.17. The van der Waals surface area contributed by atoms with Gasteiger partial charge in [0.25, 0.3) is 0 Å². The van der Waals surface area contributed by atoms with Crippen LogP contribution in [-0.2, 0) is 7.05 Å². The maximum absolute atomic E-state index is 12.2. The van der Waals surface area contributed by atoms with Crippen LogP contribution in [0.4, 0.5) is 0 Å². The summed E-state index contributed by atoms with van der Waals surface area (Å²) in [7, 11) is 4.94. The highest BCUT2D eigenvalue weighted by atomic mass is 16.5. The largest absolute Gasteiger partial charge is 0.493 e. The molecule has 5 nitrogen and oxygen atoms in total. The lowest BCUT2D eigenvalue weighted by Gasteiger charge is -2.09. The quantitative estimate of drug-likeness (QED) is 0.626. The van der Waals surface area contributed by atoms with Crippen molar-refractivity contribution in [3.05, 3.63) is 47.3 Å². The summed E-state index contributed by atoms with van der Waals surface area (Å²) >= 11 is 0. The number of hydrogen-bond donors (Lipinski definition) is 0. The fourth-order valence-corrected chi connectivity index (χ4v) is 2.14. The van der Waals surface area contributed by atoms with E-state index < -0.39 is 0 Å². The minimum absolute atomic E-state index is 0.0922. The van der Waals surface area contributed by atoms with E-state index in [2.05, 4.69) is 5.10 Å². The van der Waals surface area contributed by atoms with Crippen molar-refractivity contribution in [3.8, 4) is 11.5 Å². The zero-order valence-electron chi connectivity index (χ0n) is 12.6. The Kier molecular flexibility index (Phi) is 4.42. The Hall–Kier alpha value is -2.56. The van der Waals surface area contributed by atoms with Crippen molar-refractivity contribution in [3.63, 3.8) is 0 Å². The van der Waals surface area contributed by atoms with Crippen LogP contribution in [0.1, 0.15) is 21.6 Å². The highest BCUT2D eigenvalue weighted by Crippen LogP contribution is 2.31. The van der Waals surface area contributed by atoms with Gasteiger partial charge in [-0.15, -0.1) is 0 Å². The van der Waals surface area contributed by atoms with Gasteiger partial charge in [-0.05, 0) is 25.1 Å². The van der Waals surface area contributed by atoms with E-state index in [1.807, 2.05) is 25.1 Å². The summed E-state index contributed by atoms with van der Waals surface area (Å²) in [6, 6.07) is 5.52. The van der Waals surface area contributed by atoms with E-state index >= 15 is 0 Å². The van der Waals surface area contributed by atoms with Crippen molar-refractivity contribution < 1.29 is 14.3 Å². The lowest BCUT2D eigenvalue weighted by Crippen LogP contribution is -1.96. The molecule has 0 N–H and O–H groups in total. The molecular weight excluding hydrogens is 268 g/mol. The maximum Gasteiger partial charge on any atom is 0.189 e. The van der Waals surface area contributed by atoms with E-state index in [0.29, 0.717) is 22.8 Å². The molecule has 1 aromatic heterocycles. The molecule has 0 spiro atoms. The maximum atomic E-state index is 12.2. The van der Waals surface area contributed by atoms with E-state index in [1.54, 1.807) is 38.2 Å². The number of para-hydroxylation sites is 1. The third-order valence-corrected chi connectivity index (χ3v) is 3.13. The van der Waals surface area contributed by atoms with Crippen molar-refractivity contribution in [2.45, 2.75) is 6.92 Å². The Morgan fingerprint density at radius 3 is 2.62 bits per heavy atom. The van der Waals surface area contributed by atoms with Crippen LogP contribution >= 0.6 is 0 Å². The fourth-order valence-electron chi connectivity index (χ4n) is 2.14. The number of carbonyl (C=O) groups excluding carboxylic acids is 1. The van der Waals surface area contributed by atoms with Crippen LogP contribution < -0.4 is 9.47 Å². The van der Waals surface area contributed by atoms with Gasteiger partial charge in [0, 0.05) is 18.8 Å². The Morgan fingerprint density at radius 2 is 2.05 bits per heavy atom. The van der Waals surface area contributed by atoms with Crippen LogP contribution in [0.5, 0.6) is 11.5 Å². The number of hydrogen-bond acceptors (Lipinski definition) is 4. The number of carbonyl (C=O) groups is 1. The minimum Gasteiger partial charge on any atom is -0.493 e. The average molecular weight is 286 g/mol. The van der Waals surface area contributed by atoms with Gasteiger partial charge < -0.3 is 9.47 Å². The van der Waals surface area contributed by atoms with Gasteiger partial charge in [-0.2, -0.15) is 5.10 Å². The molecule has 2 aromatic rings. The molecule has 0 bridgehead atoms. The molecule has 1 heterocycles. The van der Waals surface area contributed by atoms with Crippen molar-refractivity contribution in [2.24, 2.45) is 7.05 Å². The van der Waals surface area contributed by atoms with Crippen LogP contribution in [0.2, 0.25) is 0 Å². The van der Waals surface area contributed by atoms with Crippen LogP contribution in [0.15, 0.2) is 30.5 Å². The topological polar surface area (TPSA) is 53.4 Å². The van der Waals surface area contributed by atoms with E-state index in [0.717, 1.165) is 5.56 Å². The summed E-state index contributed by atoms with van der Waals surface area (Å²) in [5.41, 5.74) is 2.09. The number of aryl methyl sites for hydroxylation is 2. The Morgan fingerprint density at radius 1 is 1.29 bits per heavy atom. The number of ketones is 1. The summed E-state index contributed by atoms with van der Waals surface area (Å²) in [6.07, 6.45) is 4.95. The first-order valence-corrected chi connectivity index (χ1v) is 6.50. The van der Waals surface area contributed by atoms with E-state index in [9.17, 15) is 4.79 Å². The van der Waals surface area contributed by atoms with Crippen LogP contribution in [-0.4, -0.2) is 29.8 Å². The molecule has 0 fully saturated rings. The van der Waals surface area contributed by atoms with Gasteiger partial charge in [0.15, 0.2) is 17.3 Å². The highest BCUT2D eigenvalue weighted by molar-refractivity contribution is 6.07. The number of methoxy groups -OCH3 is 2. The monoisotopic (exact) mass is 286 g/mol. The van der Waals surface area contributed by atoms with Crippen LogP contribution in [0.3, 0.4) is 0 Å². The molecule has 0 unspecified atom stereocenters. The Labute approximate surface area is 123 Å². The third kappa shape index (κ3) is 3.13. The number of ether oxygens (including phenoxy) is 2. The predicted molar refractivity (Wildman–Crippen MR) is 80.9 cm³/mol. The van der Waals surface area contributed by atoms with Gasteiger partial charge in [0.2, 0.25) is 0 Å². The average Bonchev–Trinajstić information content (AvgIpc) is 2.82. The highest BCUT2D eigenvalue weighted by Gasteiger charge is 2.11. The van der Waals surface area contributed by atoms with Gasteiger partial charge in [0.05, 0.1) is 25.5 Å². The zero-order valence-corrected chi connectivity index (χ0v) is 12.6. The molecule has 0 saturated heterocycles. The Balaban J connectivity index is 2.29. The summed E-state index contributed by atoms with van der Waals surface area (Å²) in [6.45, 7) is 1.81. The molecule has 2 rings (SSSR count). The van der Waals surface area contributed by atoms with Gasteiger partial charge in [-0.25, -0.2) is 0 Å². The number of nitrogens with zero attached hydrogens (tertiary/aromatic N) is 2. The zero-order chi connectivity index (χ0) is 15.4. The lowest BCUT2D eigenvalue weighted by molar-refractivity contribution is 0.104. The second-order valence-corrected chi connectivity index (χ2v) is 4.58. The second-order valence-electron chi connectivity index (χ2n) is 4.58. The van der Waals surface area contributed by atoms with Gasteiger partial charge in [-0.3, -0.25) is 9.48 Å². The van der Waals surface area contributed by atoms with Crippen molar-refractivity contribution in [1.82, 2.24) is 9.78 Å². The molecule has 0 atom stereocenters.